The lowest BCUT2D eigenvalue weighted by atomic mass is 9.87. The highest BCUT2D eigenvalue weighted by atomic mass is 14.2. The van der Waals surface area contributed by atoms with E-state index in [1.165, 1.54) is 72.3 Å². The Morgan fingerprint density at radius 2 is 0.692 bits per heavy atom. The first-order chi connectivity index (χ1) is 19.1. The van der Waals surface area contributed by atoms with Gasteiger partial charge in [0.2, 0.25) is 0 Å². The molecule has 0 aliphatic rings. The zero-order chi connectivity index (χ0) is 26.8. The third-order valence-electron chi connectivity index (χ3n) is 7.50. The Kier molecular flexibility index (Phi) is 6.69. The van der Waals surface area contributed by atoms with Gasteiger partial charge in [-0.15, -0.1) is 0 Å². The first-order valence-electron chi connectivity index (χ1n) is 13.6. The molecule has 0 aliphatic carbocycles. The molecule has 6 aromatic rings. The Morgan fingerprint density at radius 3 is 1.23 bits per heavy atom. The minimum absolute atomic E-state index is 1.23. The van der Waals surface area contributed by atoms with E-state index in [1.54, 1.807) is 0 Å². The van der Waals surface area contributed by atoms with Crippen LogP contribution in [0.4, 0.5) is 0 Å². The maximum absolute atomic E-state index is 2.33. The van der Waals surface area contributed by atoms with E-state index in [-0.39, 0.29) is 0 Å². The fraction of sp³-hybridized carbons (Fsp3) is 0.0769. The van der Waals surface area contributed by atoms with E-state index in [1.807, 2.05) is 0 Å². The molecule has 0 N–H and O–H groups in total. The number of rotatable bonds is 5. The maximum Gasteiger partial charge on any atom is -0.00992 e. The largest absolute Gasteiger partial charge is 0.0620 e. The van der Waals surface area contributed by atoms with Crippen LogP contribution in [0, 0.1) is 20.8 Å². The van der Waals surface area contributed by atoms with Crippen LogP contribution in [0.1, 0.15) is 16.7 Å². The second kappa shape index (κ2) is 10.6. The molecule has 0 atom stereocenters. The van der Waals surface area contributed by atoms with Crippen LogP contribution in [0.5, 0.6) is 0 Å². The minimum Gasteiger partial charge on any atom is -0.0620 e. The van der Waals surface area contributed by atoms with E-state index in [0.29, 0.717) is 0 Å². The fourth-order valence-electron chi connectivity index (χ4n) is 5.70. The molecule has 0 aliphatic heterocycles. The van der Waals surface area contributed by atoms with Gasteiger partial charge in [0, 0.05) is 0 Å². The van der Waals surface area contributed by atoms with Crippen molar-refractivity contribution in [3.8, 4) is 55.6 Å². The van der Waals surface area contributed by atoms with Crippen LogP contribution < -0.4 is 0 Å². The third kappa shape index (κ3) is 5.07. The summed E-state index contributed by atoms with van der Waals surface area (Å²) < 4.78 is 0. The normalized spacial score (nSPS) is 10.9. The average Bonchev–Trinajstić information content (AvgIpc) is 2.97. The molecule has 0 aromatic heterocycles. The van der Waals surface area contributed by atoms with Crippen LogP contribution in [0.15, 0.2) is 140 Å². The summed E-state index contributed by atoms with van der Waals surface area (Å²) in [6.45, 7) is 6.51. The van der Waals surface area contributed by atoms with Crippen molar-refractivity contribution in [1.82, 2.24) is 0 Å². The summed E-state index contributed by atoms with van der Waals surface area (Å²) in [5, 5.41) is 0. The van der Waals surface area contributed by atoms with Gasteiger partial charge in [0.25, 0.3) is 0 Å². The highest BCUT2D eigenvalue weighted by molar-refractivity contribution is 5.93. The molecule has 0 saturated carbocycles. The molecule has 6 aromatic carbocycles. The summed E-state index contributed by atoms with van der Waals surface area (Å²) in [5.74, 6) is 0. The molecule has 0 saturated heterocycles. The Balaban J connectivity index is 1.47. The van der Waals surface area contributed by atoms with Crippen LogP contribution in [0.25, 0.3) is 55.6 Å². The number of hydrogen-bond acceptors (Lipinski definition) is 0. The van der Waals surface area contributed by atoms with Gasteiger partial charge in [-0.05, 0) is 94.1 Å². The molecule has 39 heavy (non-hydrogen) atoms. The smallest absolute Gasteiger partial charge is 0.00992 e. The molecule has 0 heterocycles. The van der Waals surface area contributed by atoms with Crippen molar-refractivity contribution < 1.29 is 0 Å². The van der Waals surface area contributed by atoms with Crippen LogP contribution in [-0.4, -0.2) is 0 Å². The Labute approximate surface area is 232 Å². The van der Waals surface area contributed by atoms with Gasteiger partial charge >= 0.3 is 0 Å². The molecule has 0 radical (unpaired) electrons. The topological polar surface area (TPSA) is 0 Å². The number of aryl methyl sites for hydroxylation is 3. The third-order valence-corrected chi connectivity index (χ3v) is 7.50. The quantitative estimate of drug-likeness (QED) is 0.221. The van der Waals surface area contributed by atoms with Gasteiger partial charge in [-0.2, -0.15) is 0 Å². The van der Waals surface area contributed by atoms with Crippen molar-refractivity contribution in [3.05, 3.63) is 156 Å². The number of hydrogen-bond donors (Lipinski definition) is 0. The predicted molar refractivity (Wildman–Crippen MR) is 168 cm³/mol. The highest BCUT2D eigenvalue weighted by Crippen LogP contribution is 2.40. The lowest BCUT2D eigenvalue weighted by molar-refractivity contribution is 1.38. The van der Waals surface area contributed by atoms with Gasteiger partial charge in [-0.25, -0.2) is 0 Å². The van der Waals surface area contributed by atoms with Crippen molar-refractivity contribution in [2.45, 2.75) is 20.8 Å². The van der Waals surface area contributed by atoms with E-state index in [9.17, 15) is 0 Å². The van der Waals surface area contributed by atoms with Crippen molar-refractivity contribution in [2.75, 3.05) is 0 Å². The van der Waals surface area contributed by atoms with E-state index in [2.05, 4.69) is 160 Å². The highest BCUT2D eigenvalue weighted by Gasteiger charge is 2.14. The summed E-state index contributed by atoms with van der Waals surface area (Å²) >= 11 is 0. The second-order valence-corrected chi connectivity index (χ2v) is 10.4. The molecule has 0 bridgehead atoms. The van der Waals surface area contributed by atoms with Crippen molar-refractivity contribution in [1.29, 1.82) is 0 Å². The van der Waals surface area contributed by atoms with Gasteiger partial charge in [-0.1, -0.05) is 139 Å². The molecular weight excluding hydrogens is 468 g/mol. The molecule has 0 amide bonds. The zero-order valence-corrected chi connectivity index (χ0v) is 22.8. The first-order valence-corrected chi connectivity index (χ1v) is 13.6. The predicted octanol–water partition coefficient (Wildman–Crippen LogP) is 10.9. The Morgan fingerprint density at radius 1 is 0.282 bits per heavy atom. The van der Waals surface area contributed by atoms with E-state index in [0.717, 1.165) is 0 Å². The van der Waals surface area contributed by atoms with Crippen LogP contribution in [0.2, 0.25) is 0 Å². The molecular formula is C39H32. The first kappa shape index (κ1) is 24.6. The van der Waals surface area contributed by atoms with Crippen molar-refractivity contribution in [2.24, 2.45) is 0 Å². The fourth-order valence-corrected chi connectivity index (χ4v) is 5.70. The zero-order valence-electron chi connectivity index (χ0n) is 22.8. The molecule has 0 heteroatoms. The Bertz CT molecular complexity index is 1770. The van der Waals surface area contributed by atoms with Crippen LogP contribution >= 0.6 is 0 Å². The summed E-state index contributed by atoms with van der Waals surface area (Å²) in [4.78, 5) is 0. The monoisotopic (exact) mass is 500 g/mol. The standard InChI is InChI=1S/C39H32/c1-27-22-28(2)24-34(23-27)30-13-10-15-32(25-30)36-18-6-8-20-38(36)39-21-9-7-19-37(39)33-16-11-14-31(26-33)35-17-5-4-12-29(35)3/h4-26H,1-3H3. The van der Waals surface area contributed by atoms with Gasteiger partial charge in [0.05, 0.1) is 0 Å². The second-order valence-electron chi connectivity index (χ2n) is 10.4. The van der Waals surface area contributed by atoms with Crippen LogP contribution in [-0.2, 0) is 0 Å². The van der Waals surface area contributed by atoms with E-state index in [4.69, 9.17) is 0 Å². The molecule has 0 unspecified atom stereocenters. The molecule has 0 spiro atoms. The van der Waals surface area contributed by atoms with E-state index < -0.39 is 0 Å². The molecule has 188 valence electrons. The summed E-state index contributed by atoms with van der Waals surface area (Å²) in [5.41, 5.74) is 16.3. The average molecular weight is 501 g/mol. The summed E-state index contributed by atoms with van der Waals surface area (Å²) in [6.07, 6.45) is 0. The van der Waals surface area contributed by atoms with Gasteiger partial charge in [0.15, 0.2) is 0 Å². The van der Waals surface area contributed by atoms with E-state index >= 15 is 0 Å². The van der Waals surface area contributed by atoms with Crippen molar-refractivity contribution in [3.63, 3.8) is 0 Å². The molecule has 6 rings (SSSR count). The molecule has 0 nitrogen and oxygen atoms in total. The summed E-state index contributed by atoms with van der Waals surface area (Å²) in [6, 6.07) is 50.8. The van der Waals surface area contributed by atoms with Crippen molar-refractivity contribution >= 4 is 0 Å². The van der Waals surface area contributed by atoms with Gasteiger partial charge < -0.3 is 0 Å². The maximum atomic E-state index is 2.33. The van der Waals surface area contributed by atoms with Gasteiger partial charge in [0.1, 0.15) is 0 Å². The molecule has 0 fully saturated rings. The lowest BCUT2D eigenvalue weighted by Crippen LogP contribution is -1.90. The SMILES string of the molecule is Cc1cc(C)cc(-c2cccc(-c3ccccc3-c3ccccc3-c3cccc(-c4ccccc4C)c3)c2)c1. The van der Waals surface area contributed by atoms with Gasteiger partial charge in [-0.3, -0.25) is 0 Å². The van der Waals surface area contributed by atoms with Crippen LogP contribution in [0.3, 0.4) is 0 Å². The Hall–Kier alpha value is -4.68. The number of benzene rings is 6. The summed E-state index contributed by atoms with van der Waals surface area (Å²) in [7, 11) is 0. The lowest BCUT2D eigenvalue weighted by Gasteiger charge is -2.16. The minimum atomic E-state index is 1.23.